The van der Waals surface area contributed by atoms with Crippen molar-refractivity contribution < 1.29 is 14.3 Å². The van der Waals surface area contributed by atoms with Crippen LogP contribution in [0.1, 0.15) is 27.4 Å². The molecule has 0 atom stereocenters. The highest BCUT2D eigenvalue weighted by Crippen LogP contribution is 2.11. The molecule has 0 saturated heterocycles. The SMILES string of the molecule is Cc1ccc(C(=O)/C=C/c2ccc(CO)o2)cc1. The summed E-state index contributed by atoms with van der Waals surface area (Å²) in [6.07, 6.45) is 3.06. The van der Waals surface area contributed by atoms with Gasteiger partial charge in [-0.15, -0.1) is 0 Å². The summed E-state index contributed by atoms with van der Waals surface area (Å²) in [5, 5.41) is 8.85. The van der Waals surface area contributed by atoms with Gasteiger partial charge in [-0.25, -0.2) is 0 Å². The minimum Gasteiger partial charge on any atom is -0.459 e. The summed E-state index contributed by atoms with van der Waals surface area (Å²) >= 11 is 0. The van der Waals surface area contributed by atoms with E-state index in [1.165, 1.54) is 6.08 Å². The molecule has 18 heavy (non-hydrogen) atoms. The van der Waals surface area contributed by atoms with Crippen LogP contribution in [-0.4, -0.2) is 10.9 Å². The number of ketones is 1. The predicted molar refractivity (Wildman–Crippen MR) is 69.2 cm³/mol. The summed E-state index contributed by atoms with van der Waals surface area (Å²) < 4.78 is 5.25. The Bertz CT molecular complexity index is 562. The molecule has 0 amide bonds. The Morgan fingerprint density at radius 1 is 1.22 bits per heavy atom. The maximum atomic E-state index is 11.8. The van der Waals surface area contributed by atoms with Crippen molar-refractivity contribution in [2.24, 2.45) is 0 Å². The Morgan fingerprint density at radius 2 is 1.94 bits per heavy atom. The first kappa shape index (κ1) is 12.3. The van der Waals surface area contributed by atoms with Gasteiger partial charge in [0.15, 0.2) is 5.78 Å². The topological polar surface area (TPSA) is 50.4 Å². The normalized spacial score (nSPS) is 11.0. The molecule has 0 radical (unpaired) electrons. The number of hydrogen-bond acceptors (Lipinski definition) is 3. The van der Waals surface area contributed by atoms with Gasteiger partial charge in [-0.3, -0.25) is 4.79 Å². The molecule has 0 bridgehead atoms. The van der Waals surface area contributed by atoms with Crippen molar-refractivity contribution in [3.8, 4) is 0 Å². The first-order valence-corrected chi connectivity index (χ1v) is 5.67. The van der Waals surface area contributed by atoms with Crippen LogP contribution in [0.4, 0.5) is 0 Å². The standard InChI is InChI=1S/C15H14O3/c1-11-2-4-12(5-3-11)15(17)9-8-13-6-7-14(10-16)18-13/h2-9,16H,10H2,1H3/b9-8+. The monoisotopic (exact) mass is 242 g/mol. The predicted octanol–water partition coefficient (Wildman–Crippen LogP) is 2.98. The highest BCUT2D eigenvalue weighted by Gasteiger charge is 2.02. The van der Waals surface area contributed by atoms with Gasteiger partial charge < -0.3 is 9.52 Å². The molecule has 1 heterocycles. The van der Waals surface area contributed by atoms with Gasteiger partial charge in [0.25, 0.3) is 0 Å². The van der Waals surface area contributed by atoms with E-state index < -0.39 is 0 Å². The number of furan rings is 1. The molecular formula is C15H14O3. The molecule has 0 aliphatic carbocycles. The third kappa shape index (κ3) is 2.96. The van der Waals surface area contributed by atoms with Crippen molar-refractivity contribution in [2.75, 3.05) is 0 Å². The average Bonchev–Trinajstić information content (AvgIpc) is 2.85. The molecule has 3 nitrogen and oxygen atoms in total. The summed E-state index contributed by atoms with van der Waals surface area (Å²) in [7, 11) is 0. The molecule has 2 rings (SSSR count). The van der Waals surface area contributed by atoms with E-state index in [-0.39, 0.29) is 12.4 Å². The minimum atomic E-state index is -0.139. The summed E-state index contributed by atoms with van der Waals surface area (Å²) in [5.74, 6) is 0.967. The number of aliphatic hydroxyl groups excluding tert-OH is 1. The van der Waals surface area contributed by atoms with E-state index in [1.54, 1.807) is 30.3 Å². The minimum absolute atomic E-state index is 0.0723. The second-order valence-corrected chi connectivity index (χ2v) is 4.03. The third-order valence-electron chi connectivity index (χ3n) is 2.57. The van der Waals surface area contributed by atoms with E-state index in [4.69, 9.17) is 9.52 Å². The van der Waals surface area contributed by atoms with Gasteiger partial charge >= 0.3 is 0 Å². The zero-order valence-corrected chi connectivity index (χ0v) is 10.1. The van der Waals surface area contributed by atoms with Crippen molar-refractivity contribution in [3.63, 3.8) is 0 Å². The number of hydrogen-bond donors (Lipinski definition) is 1. The summed E-state index contributed by atoms with van der Waals surface area (Å²) in [6, 6.07) is 10.8. The zero-order valence-electron chi connectivity index (χ0n) is 10.1. The van der Waals surface area contributed by atoms with E-state index in [0.29, 0.717) is 17.1 Å². The average molecular weight is 242 g/mol. The maximum Gasteiger partial charge on any atom is 0.185 e. The Balaban J connectivity index is 2.09. The Hall–Kier alpha value is -2.13. The second-order valence-electron chi connectivity index (χ2n) is 4.03. The van der Waals surface area contributed by atoms with Crippen LogP contribution in [-0.2, 0) is 6.61 Å². The Kier molecular flexibility index (Phi) is 3.75. The van der Waals surface area contributed by atoms with E-state index in [2.05, 4.69) is 0 Å². The van der Waals surface area contributed by atoms with Crippen molar-refractivity contribution in [1.82, 2.24) is 0 Å². The molecule has 0 spiro atoms. The fraction of sp³-hybridized carbons (Fsp3) is 0.133. The summed E-state index contributed by atoms with van der Waals surface area (Å²) in [6.45, 7) is 1.84. The van der Waals surface area contributed by atoms with Gasteiger partial charge in [0.05, 0.1) is 0 Å². The van der Waals surface area contributed by atoms with E-state index >= 15 is 0 Å². The quantitative estimate of drug-likeness (QED) is 0.662. The Morgan fingerprint density at radius 3 is 2.56 bits per heavy atom. The molecule has 92 valence electrons. The van der Waals surface area contributed by atoms with Crippen LogP contribution in [0.25, 0.3) is 6.08 Å². The molecular weight excluding hydrogens is 228 g/mol. The van der Waals surface area contributed by atoms with E-state index in [1.807, 2.05) is 19.1 Å². The lowest BCUT2D eigenvalue weighted by atomic mass is 10.1. The highest BCUT2D eigenvalue weighted by molar-refractivity contribution is 6.06. The molecule has 0 fully saturated rings. The van der Waals surface area contributed by atoms with Gasteiger partial charge in [-0.1, -0.05) is 29.8 Å². The van der Waals surface area contributed by atoms with Crippen molar-refractivity contribution in [3.05, 3.63) is 65.1 Å². The number of aryl methyl sites for hydroxylation is 1. The molecule has 0 aliphatic heterocycles. The first-order chi connectivity index (χ1) is 8.69. The van der Waals surface area contributed by atoms with Crippen molar-refractivity contribution >= 4 is 11.9 Å². The third-order valence-corrected chi connectivity index (χ3v) is 2.57. The summed E-state index contributed by atoms with van der Waals surface area (Å²) in [5.41, 5.74) is 1.76. The van der Waals surface area contributed by atoms with Crippen molar-refractivity contribution in [1.29, 1.82) is 0 Å². The maximum absolute atomic E-state index is 11.8. The molecule has 3 heteroatoms. The van der Waals surface area contributed by atoms with Gasteiger partial charge in [0, 0.05) is 5.56 Å². The number of carbonyl (C=O) groups is 1. The number of aliphatic hydroxyl groups is 1. The van der Waals surface area contributed by atoms with Gasteiger partial charge in [-0.2, -0.15) is 0 Å². The fourth-order valence-electron chi connectivity index (χ4n) is 1.54. The van der Waals surface area contributed by atoms with Crippen LogP contribution in [0.2, 0.25) is 0 Å². The number of benzene rings is 1. The molecule has 1 aromatic carbocycles. The molecule has 0 unspecified atom stereocenters. The van der Waals surface area contributed by atoms with Crippen LogP contribution in [0.3, 0.4) is 0 Å². The van der Waals surface area contributed by atoms with Crippen molar-refractivity contribution in [2.45, 2.75) is 13.5 Å². The highest BCUT2D eigenvalue weighted by atomic mass is 16.4. The van der Waals surface area contributed by atoms with Gasteiger partial charge in [0.1, 0.15) is 18.1 Å². The van der Waals surface area contributed by atoms with E-state index in [9.17, 15) is 4.79 Å². The van der Waals surface area contributed by atoms with Crippen LogP contribution < -0.4 is 0 Å². The lowest BCUT2D eigenvalue weighted by molar-refractivity contribution is 0.104. The lowest BCUT2D eigenvalue weighted by Crippen LogP contribution is -1.93. The van der Waals surface area contributed by atoms with Crippen LogP contribution in [0.5, 0.6) is 0 Å². The largest absolute Gasteiger partial charge is 0.459 e. The van der Waals surface area contributed by atoms with Crippen LogP contribution >= 0.6 is 0 Å². The summed E-state index contributed by atoms with van der Waals surface area (Å²) in [4.78, 5) is 11.8. The van der Waals surface area contributed by atoms with E-state index in [0.717, 1.165) is 5.56 Å². The second kappa shape index (κ2) is 5.47. The first-order valence-electron chi connectivity index (χ1n) is 5.67. The molecule has 0 aliphatic rings. The van der Waals surface area contributed by atoms with Gasteiger partial charge in [-0.05, 0) is 31.2 Å². The fourth-order valence-corrected chi connectivity index (χ4v) is 1.54. The number of allylic oxidation sites excluding steroid dienone is 1. The lowest BCUT2D eigenvalue weighted by Gasteiger charge is -1.96. The molecule has 1 aromatic heterocycles. The van der Waals surface area contributed by atoms with Crippen LogP contribution in [0, 0.1) is 6.92 Å². The number of carbonyl (C=O) groups excluding carboxylic acids is 1. The molecule has 2 aromatic rings. The smallest absolute Gasteiger partial charge is 0.185 e. The van der Waals surface area contributed by atoms with Gasteiger partial charge in [0.2, 0.25) is 0 Å². The zero-order chi connectivity index (χ0) is 13.0. The number of rotatable bonds is 4. The molecule has 1 N–H and O–H groups in total. The van der Waals surface area contributed by atoms with Crippen LogP contribution in [0.15, 0.2) is 46.9 Å². The molecule has 0 saturated carbocycles. The Labute approximate surface area is 105 Å².